The molecule has 0 atom stereocenters. The lowest BCUT2D eigenvalue weighted by Gasteiger charge is -2.06. The van der Waals surface area contributed by atoms with Gasteiger partial charge in [-0.2, -0.15) is 0 Å². The van der Waals surface area contributed by atoms with Gasteiger partial charge in [-0.15, -0.1) is 11.6 Å². The van der Waals surface area contributed by atoms with Crippen LogP contribution < -0.4 is 4.72 Å². The van der Waals surface area contributed by atoms with Crippen molar-refractivity contribution in [2.45, 2.75) is 6.92 Å². The van der Waals surface area contributed by atoms with E-state index in [2.05, 4.69) is 0 Å². The number of rotatable bonds is 4. The minimum atomic E-state index is -3.73. The number of alkyl halides is 1. The van der Waals surface area contributed by atoms with Crippen LogP contribution in [0.25, 0.3) is 0 Å². The smallest absolute Gasteiger partial charge is 0.276 e. The van der Waals surface area contributed by atoms with E-state index in [1.165, 1.54) is 12.1 Å². The molecule has 0 saturated carbocycles. The summed E-state index contributed by atoms with van der Waals surface area (Å²) in [5.41, 5.74) is 0.283. The molecule has 0 amide bonds. The molecular formula is C8H9ClN2O4S. The third-order valence-electron chi connectivity index (χ3n) is 1.76. The maximum Gasteiger partial charge on any atom is 0.293 e. The van der Waals surface area contributed by atoms with Crippen LogP contribution in [-0.4, -0.2) is 18.6 Å². The zero-order valence-electron chi connectivity index (χ0n) is 8.31. The Labute approximate surface area is 97.4 Å². The molecule has 6 nitrogen and oxygen atoms in total. The molecule has 0 unspecified atom stereocenters. The molecule has 0 fully saturated rings. The lowest BCUT2D eigenvalue weighted by molar-refractivity contribution is -0.383. The van der Waals surface area contributed by atoms with E-state index in [0.29, 0.717) is 5.56 Å². The molecule has 1 aromatic rings. The van der Waals surface area contributed by atoms with Crippen molar-refractivity contribution in [2.24, 2.45) is 0 Å². The van der Waals surface area contributed by atoms with E-state index >= 15 is 0 Å². The highest BCUT2D eigenvalue weighted by atomic mass is 35.5. The van der Waals surface area contributed by atoms with E-state index in [4.69, 9.17) is 11.6 Å². The number of hydrogen-bond donors (Lipinski definition) is 1. The molecule has 0 spiro atoms. The SMILES string of the molecule is Cc1ccc(NS(=O)(=O)CCl)c([N+](=O)[O-])c1. The number of benzene rings is 1. The monoisotopic (exact) mass is 264 g/mol. The molecule has 16 heavy (non-hydrogen) atoms. The second-order valence-corrected chi connectivity index (χ2v) is 5.41. The van der Waals surface area contributed by atoms with Gasteiger partial charge in [0, 0.05) is 6.07 Å². The first kappa shape index (κ1) is 12.7. The van der Waals surface area contributed by atoms with Gasteiger partial charge in [-0.25, -0.2) is 8.42 Å². The predicted octanol–water partition coefficient (Wildman–Crippen LogP) is 1.84. The van der Waals surface area contributed by atoms with E-state index in [0.717, 1.165) is 0 Å². The van der Waals surface area contributed by atoms with Gasteiger partial charge in [0.25, 0.3) is 5.69 Å². The van der Waals surface area contributed by atoms with E-state index in [1.807, 2.05) is 4.72 Å². The summed E-state index contributed by atoms with van der Waals surface area (Å²) < 4.78 is 24.4. The molecule has 0 saturated heterocycles. The summed E-state index contributed by atoms with van der Waals surface area (Å²) in [6.45, 7) is 1.67. The number of nitro groups is 1. The van der Waals surface area contributed by atoms with Crippen molar-refractivity contribution in [1.29, 1.82) is 0 Å². The average Bonchev–Trinajstić information content (AvgIpc) is 2.20. The largest absolute Gasteiger partial charge is 0.293 e. The quantitative estimate of drug-likeness (QED) is 0.510. The zero-order chi connectivity index (χ0) is 12.3. The molecule has 1 rings (SSSR count). The molecular weight excluding hydrogens is 256 g/mol. The van der Waals surface area contributed by atoms with Gasteiger partial charge in [0.2, 0.25) is 10.0 Å². The number of aryl methyl sites for hydroxylation is 1. The Kier molecular flexibility index (Phi) is 3.71. The van der Waals surface area contributed by atoms with Gasteiger partial charge in [0.05, 0.1) is 4.92 Å². The van der Waals surface area contributed by atoms with Gasteiger partial charge in [0.15, 0.2) is 0 Å². The van der Waals surface area contributed by atoms with Crippen LogP contribution >= 0.6 is 11.6 Å². The van der Waals surface area contributed by atoms with Gasteiger partial charge < -0.3 is 0 Å². The van der Waals surface area contributed by atoms with Gasteiger partial charge in [0.1, 0.15) is 10.9 Å². The highest BCUT2D eigenvalue weighted by Gasteiger charge is 2.18. The predicted molar refractivity (Wildman–Crippen MR) is 61.1 cm³/mol. The lowest BCUT2D eigenvalue weighted by Crippen LogP contribution is -2.14. The first-order chi connectivity index (χ1) is 7.35. The van der Waals surface area contributed by atoms with E-state index in [9.17, 15) is 18.5 Å². The number of sulfonamides is 1. The van der Waals surface area contributed by atoms with Crippen LogP contribution in [0.3, 0.4) is 0 Å². The molecule has 1 N–H and O–H groups in total. The Morgan fingerprint density at radius 3 is 2.62 bits per heavy atom. The van der Waals surface area contributed by atoms with Crippen molar-refractivity contribution < 1.29 is 13.3 Å². The zero-order valence-corrected chi connectivity index (χ0v) is 9.88. The second-order valence-electron chi connectivity index (χ2n) is 3.10. The lowest BCUT2D eigenvalue weighted by atomic mass is 10.2. The summed E-state index contributed by atoms with van der Waals surface area (Å²) in [5.74, 6) is 0. The minimum Gasteiger partial charge on any atom is -0.276 e. The third-order valence-corrected chi connectivity index (χ3v) is 3.44. The van der Waals surface area contributed by atoms with Crippen LogP contribution in [-0.2, 0) is 10.0 Å². The number of hydrogen-bond acceptors (Lipinski definition) is 4. The van der Waals surface area contributed by atoms with Gasteiger partial charge in [-0.05, 0) is 18.6 Å². The van der Waals surface area contributed by atoms with Crippen LogP contribution in [0.4, 0.5) is 11.4 Å². The first-order valence-corrected chi connectivity index (χ1v) is 6.36. The van der Waals surface area contributed by atoms with E-state index in [-0.39, 0.29) is 11.4 Å². The van der Waals surface area contributed by atoms with Crippen molar-refractivity contribution in [2.75, 3.05) is 9.93 Å². The molecule has 0 radical (unpaired) electrons. The topological polar surface area (TPSA) is 89.3 Å². The fourth-order valence-corrected chi connectivity index (χ4v) is 1.80. The standard InChI is InChI=1S/C8H9ClN2O4S/c1-6-2-3-7(8(4-6)11(12)13)10-16(14,15)5-9/h2-4,10H,5H2,1H3. The fraction of sp³-hybridized carbons (Fsp3) is 0.250. The Bertz CT molecular complexity index is 515. The molecule has 88 valence electrons. The molecule has 0 aromatic heterocycles. The summed E-state index contributed by atoms with van der Waals surface area (Å²) in [6, 6.07) is 4.18. The summed E-state index contributed by atoms with van der Waals surface area (Å²) >= 11 is 5.19. The summed E-state index contributed by atoms with van der Waals surface area (Å²) in [4.78, 5) is 10.0. The fourth-order valence-electron chi connectivity index (χ4n) is 1.07. The molecule has 0 heterocycles. The maximum absolute atomic E-state index is 11.2. The molecule has 0 bridgehead atoms. The maximum atomic E-state index is 11.2. The molecule has 8 heteroatoms. The van der Waals surface area contributed by atoms with Crippen molar-refractivity contribution in [3.05, 3.63) is 33.9 Å². The Morgan fingerprint density at radius 1 is 1.50 bits per heavy atom. The van der Waals surface area contributed by atoms with Crippen molar-refractivity contribution in [3.8, 4) is 0 Å². The molecule has 0 aliphatic carbocycles. The second kappa shape index (κ2) is 4.67. The number of halogens is 1. The number of nitrogens with one attached hydrogen (secondary N) is 1. The molecule has 0 aliphatic heterocycles. The van der Waals surface area contributed by atoms with Crippen molar-refractivity contribution >= 4 is 33.0 Å². The first-order valence-electron chi connectivity index (χ1n) is 4.17. The molecule has 1 aromatic carbocycles. The van der Waals surface area contributed by atoms with Crippen LogP contribution in [0.2, 0.25) is 0 Å². The van der Waals surface area contributed by atoms with Crippen molar-refractivity contribution in [3.63, 3.8) is 0 Å². The normalized spacial score (nSPS) is 11.1. The Morgan fingerprint density at radius 2 is 2.12 bits per heavy atom. The van der Waals surface area contributed by atoms with Crippen LogP contribution in [0, 0.1) is 17.0 Å². The summed E-state index contributed by atoms with van der Waals surface area (Å²) in [6.07, 6.45) is 0. The number of anilines is 1. The number of nitro benzene ring substituents is 1. The molecule has 0 aliphatic rings. The van der Waals surface area contributed by atoms with E-state index in [1.54, 1.807) is 13.0 Å². The van der Waals surface area contributed by atoms with E-state index < -0.39 is 20.2 Å². The van der Waals surface area contributed by atoms with Crippen molar-refractivity contribution in [1.82, 2.24) is 0 Å². The van der Waals surface area contributed by atoms with Crippen LogP contribution in [0.5, 0.6) is 0 Å². The number of nitrogens with zero attached hydrogens (tertiary/aromatic N) is 1. The average molecular weight is 265 g/mol. The third kappa shape index (κ3) is 3.07. The van der Waals surface area contributed by atoms with Crippen LogP contribution in [0.15, 0.2) is 18.2 Å². The Balaban J connectivity index is 3.19. The van der Waals surface area contributed by atoms with Gasteiger partial charge >= 0.3 is 0 Å². The highest BCUT2D eigenvalue weighted by Crippen LogP contribution is 2.26. The van der Waals surface area contributed by atoms with Gasteiger partial charge in [-0.1, -0.05) is 6.07 Å². The van der Waals surface area contributed by atoms with Gasteiger partial charge in [-0.3, -0.25) is 14.8 Å². The summed E-state index contributed by atoms with van der Waals surface area (Å²) in [7, 11) is -3.73. The summed E-state index contributed by atoms with van der Waals surface area (Å²) in [5, 5.41) is 10.0. The highest BCUT2D eigenvalue weighted by molar-refractivity contribution is 7.93. The Hall–Kier alpha value is -1.34. The minimum absolute atomic E-state index is 0.0868. The van der Waals surface area contributed by atoms with Crippen LogP contribution in [0.1, 0.15) is 5.56 Å².